The summed E-state index contributed by atoms with van der Waals surface area (Å²) in [5.74, 6) is -0.743. The number of carbonyl (C=O) groups excluding carboxylic acids is 2. The number of nitro benzene ring substituents is 1. The highest BCUT2D eigenvalue weighted by molar-refractivity contribution is 5.98. The van der Waals surface area contributed by atoms with Crippen molar-refractivity contribution in [2.45, 2.75) is 13.8 Å². The first-order valence-corrected chi connectivity index (χ1v) is 8.32. The highest BCUT2D eigenvalue weighted by atomic mass is 16.6. The zero-order chi connectivity index (χ0) is 20.0. The molecule has 0 spiro atoms. The summed E-state index contributed by atoms with van der Waals surface area (Å²) >= 11 is 0. The van der Waals surface area contributed by atoms with Crippen LogP contribution in [0.3, 0.4) is 0 Å². The second-order valence-electron chi connectivity index (χ2n) is 6.16. The highest BCUT2D eigenvalue weighted by Gasteiger charge is 2.14. The molecule has 0 heterocycles. The Bertz CT molecular complexity index is 886. The molecule has 0 atom stereocenters. The van der Waals surface area contributed by atoms with Gasteiger partial charge in [-0.15, -0.1) is 0 Å². The van der Waals surface area contributed by atoms with E-state index in [1.54, 1.807) is 18.2 Å². The van der Waals surface area contributed by atoms with E-state index in [0.717, 1.165) is 16.8 Å². The molecule has 2 rings (SSSR count). The summed E-state index contributed by atoms with van der Waals surface area (Å²) in [6, 6.07) is 11.8. The number of hydrogen-bond acceptors (Lipinski definition) is 4. The third-order valence-electron chi connectivity index (χ3n) is 4.04. The van der Waals surface area contributed by atoms with Gasteiger partial charge in [-0.25, -0.2) is 0 Å². The molecule has 1 N–H and O–H groups in total. The van der Waals surface area contributed by atoms with E-state index in [4.69, 9.17) is 0 Å². The molecule has 0 fully saturated rings. The van der Waals surface area contributed by atoms with Crippen LogP contribution in [0.15, 0.2) is 48.5 Å². The predicted octanol–water partition coefficient (Wildman–Crippen LogP) is 3.32. The number of amides is 2. The topological polar surface area (TPSA) is 92.6 Å². The number of carbonyl (C=O) groups is 2. The second-order valence-corrected chi connectivity index (χ2v) is 6.16. The van der Waals surface area contributed by atoms with Gasteiger partial charge in [-0.05, 0) is 37.1 Å². The molecule has 2 aromatic carbocycles. The molecule has 27 heavy (non-hydrogen) atoms. The molecule has 7 nitrogen and oxygen atoms in total. The first kappa shape index (κ1) is 19.8. The van der Waals surface area contributed by atoms with E-state index >= 15 is 0 Å². The maximum Gasteiger partial charge on any atom is 0.276 e. The van der Waals surface area contributed by atoms with Crippen LogP contribution < -0.4 is 5.32 Å². The number of nitrogens with one attached hydrogen (secondary N) is 1. The van der Waals surface area contributed by atoms with Gasteiger partial charge in [0.05, 0.1) is 17.0 Å². The summed E-state index contributed by atoms with van der Waals surface area (Å²) < 4.78 is 0. The summed E-state index contributed by atoms with van der Waals surface area (Å²) in [7, 11) is 1.50. The quantitative estimate of drug-likeness (QED) is 0.481. The van der Waals surface area contributed by atoms with E-state index in [1.165, 1.54) is 30.2 Å². The van der Waals surface area contributed by atoms with E-state index in [0.29, 0.717) is 5.56 Å². The van der Waals surface area contributed by atoms with Gasteiger partial charge >= 0.3 is 0 Å². The molecule has 0 aliphatic heterocycles. The number of nitro groups is 1. The van der Waals surface area contributed by atoms with Gasteiger partial charge in [-0.2, -0.15) is 0 Å². The molecular weight excluding hydrogens is 346 g/mol. The largest absolute Gasteiger partial charge is 0.333 e. The van der Waals surface area contributed by atoms with Crippen molar-refractivity contribution >= 4 is 29.3 Å². The molecule has 0 saturated heterocycles. The molecule has 0 aliphatic carbocycles. The fraction of sp³-hybridized carbons (Fsp3) is 0.200. The van der Waals surface area contributed by atoms with Crippen LogP contribution in [0.4, 0.5) is 11.4 Å². The number of para-hydroxylation sites is 2. The van der Waals surface area contributed by atoms with Gasteiger partial charge in [0.15, 0.2) is 0 Å². The lowest BCUT2D eigenvalue weighted by Gasteiger charge is -2.16. The molecule has 0 unspecified atom stereocenters. The van der Waals surface area contributed by atoms with Crippen LogP contribution >= 0.6 is 0 Å². The first-order valence-electron chi connectivity index (χ1n) is 8.32. The fourth-order valence-corrected chi connectivity index (χ4v) is 2.57. The molecule has 7 heteroatoms. The average Bonchev–Trinajstić information content (AvgIpc) is 2.63. The Kier molecular flexibility index (Phi) is 6.43. The Balaban J connectivity index is 2.01. The fourth-order valence-electron chi connectivity index (χ4n) is 2.57. The van der Waals surface area contributed by atoms with Crippen molar-refractivity contribution in [1.82, 2.24) is 4.90 Å². The molecule has 0 radical (unpaired) electrons. The third-order valence-corrected chi connectivity index (χ3v) is 4.04. The van der Waals surface area contributed by atoms with Crippen LogP contribution in [0.2, 0.25) is 0 Å². The Hall–Kier alpha value is -3.48. The molecular formula is C20H21N3O4. The lowest BCUT2D eigenvalue weighted by Crippen LogP contribution is -2.34. The van der Waals surface area contributed by atoms with Crippen LogP contribution in [0.1, 0.15) is 16.7 Å². The smallest absolute Gasteiger partial charge is 0.276 e. The lowest BCUT2D eigenvalue weighted by atomic mass is 10.1. The standard InChI is InChI=1S/C20H21N3O4/c1-14-7-6-8-15(2)20(14)21-18(24)13-22(3)19(25)12-11-16-9-4-5-10-17(16)23(26)27/h4-12H,13H2,1-3H3,(H,21,24)/b12-11+. The van der Waals surface area contributed by atoms with Gasteiger partial charge in [0.2, 0.25) is 11.8 Å². The van der Waals surface area contributed by atoms with E-state index in [-0.39, 0.29) is 18.1 Å². The van der Waals surface area contributed by atoms with E-state index in [9.17, 15) is 19.7 Å². The van der Waals surface area contributed by atoms with Gasteiger partial charge in [0.1, 0.15) is 0 Å². The van der Waals surface area contributed by atoms with E-state index in [2.05, 4.69) is 5.32 Å². The third kappa shape index (κ3) is 5.24. The van der Waals surface area contributed by atoms with Crippen LogP contribution in [0, 0.1) is 24.0 Å². The zero-order valence-electron chi connectivity index (χ0n) is 15.4. The lowest BCUT2D eigenvalue weighted by molar-refractivity contribution is -0.385. The van der Waals surface area contributed by atoms with E-state index < -0.39 is 10.8 Å². The number of aryl methyl sites for hydroxylation is 2. The SMILES string of the molecule is Cc1cccc(C)c1NC(=O)CN(C)C(=O)/C=C/c1ccccc1[N+](=O)[O-]. The molecule has 0 bridgehead atoms. The minimum absolute atomic E-state index is 0.0861. The molecule has 2 amide bonds. The Morgan fingerprint density at radius 3 is 2.37 bits per heavy atom. The summed E-state index contributed by atoms with van der Waals surface area (Å²) in [5, 5.41) is 13.8. The number of rotatable bonds is 6. The van der Waals surface area contributed by atoms with E-state index in [1.807, 2.05) is 32.0 Å². The molecule has 0 aromatic heterocycles. The van der Waals surface area contributed by atoms with Gasteiger partial charge < -0.3 is 10.2 Å². The van der Waals surface area contributed by atoms with Gasteiger partial charge in [-0.1, -0.05) is 30.3 Å². The van der Waals surface area contributed by atoms with Crippen LogP contribution in [0.25, 0.3) is 6.08 Å². The van der Waals surface area contributed by atoms with Gasteiger partial charge in [0, 0.05) is 24.9 Å². The average molecular weight is 367 g/mol. The van der Waals surface area contributed by atoms with Crippen molar-refractivity contribution < 1.29 is 14.5 Å². The highest BCUT2D eigenvalue weighted by Crippen LogP contribution is 2.20. The molecule has 0 saturated carbocycles. The summed E-state index contributed by atoms with van der Waals surface area (Å²) in [5.41, 5.74) is 2.85. The summed E-state index contributed by atoms with van der Waals surface area (Å²) in [6.07, 6.45) is 2.59. The number of nitrogens with zero attached hydrogens (tertiary/aromatic N) is 2. The predicted molar refractivity (Wildman–Crippen MR) is 104 cm³/mol. The zero-order valence-corrected chi connectivity index (χ0v) is 15.4. The Labute approximate surface area is 157 Å². The van der Waals surface area contributed by atoms with Crippen molar-refractivity contribution in [1.29, 1.82) is 0 Å². The second kappa shape index (κ2) is 8.75. The molecule has 140 valence electrons. The monoisotopic (exact) mass is 367 g/mol. The van der Waals surface area contributed by atoms with Crippen LogP contribution in [-0.4, -0.2) is 35.2 Å². The maximum atomic E-state index is 12.2. The minimum Gasteiger partial charge on any atom is -0.333 e. The van der Waals surface area contributed by atoms with Crippen LogP contribution in [0.5, 0.6) is 0 Å². The van der Waals surface area contributed by atoms with Gasteiger partial charge in [0.25, 0.3) is 5.69 Å². The van der Waals surface area contributed by atoms with Crippen molar-refractivity contribution in [2.24, 2.45) is 0 Å². The van der Waals surface area contributed by atoms with Crippen molar-refractivity contribution in [3.05, 3.63) is 75.3 Å². The number of likely N-dealkylation sites (N-methyl/N-ethyl adjacent to an activating group) is 1. The number of benzene rings is 2. The van der Waals surface area contributed by atoms with Crippen molar-refractivity contribution in [3.63, 3.8) is 0 Å². The molecule has 2 aromatic rings. The Morgan fingerprint density at radius 1 is 1.11 bits per heavy atom. The van der Waals surface area contributed by atoms with Crippen LogP contribution in [-0.2, 0) is 9.59 Å². The summed E-state index contributed by atoms with van der Waals surface area (Å²) in [6.45, 7) is 3.66. The molecule has 0 aliphatic rings. The maximum absolute atomic E-state index is 12.2. The number of anilines is 1. The normalized spacial score (nSPS) is 10.6. The Morgan fingerprint density at radius 2 is 1.74 bits per heavy atom. The van der Waals surface area contributed by atoms with Crippen molar-refractivity contribution in [3.8, 4) is 0 Å². The van der Waals surface area contributed by atoms with Gasteiger partial charge in [-0.3, -0.25) is 19.7 Å². The summed E-state index contributed by atoms with van der Waals surface area (Å²) in [4.78, 5) is 36.2. The van der Waals surface area contributed by atoms with Crippen molar-refractivity contribution in [2.75, 3.05) is 18.9 Å². The minimum atomic E-state index is -0.508. The first-order chi connectivity index (χ1) is 12.8. The number of hydrogen-bond donors (Lipinski definition) is 1.